The first-order valence-electron chi connectivity index (χ1n) is 7.64. The first-order valence-corrected chi connectivity index (χ1v) is 8.63. The molecule has 2 rings (SSSR count). The minimum absolute atomic E-state index is 0.0668. The zero-order valence-corrected chi connectivity index (χ0v) is 14.6. The quantitative estimate of drug-likeness (QED) is 0.727. The Hall–Kier alpha value is -2.32. The molecule has 0 aromatic heterocycles. The Bertz CT molecular complexity index is 753. The molecule has 0 aliphatic heterocycles. The van der Waals surface area contributed by atoms with Crippen LogP contribution >= 0.6 is 11.8 Å². The zero-order valence-electron chi connectivity index (χ0n) is 13.8. The van der Waals surface area contributed by atoms with Crippen LogP contribution in [0.4, 0.5) is 10.1 Å². The number of hydrogen-bond acceptors (Lipinski definition) is 3. The highest BCUT2D eigenvalue weighted by molar-refractivity contribution is 8.00. The SMILES string of the molecule is Cc1ccc(N(CCC#N)C(=O)CSc2ccc(F)cc2)cc1C. The van der Waals surface area contributed by atoms with Crippen molar-refractivity contribution in [2.24, 2.45) is 0 Å². The van der Waals surface area contributed by atoms with Gasteiger partial charge >= 0.3 is 0 Å². The third-order valence-corrected chi connectivity index (χ3v) is 4.72. The highest BCUT2D eigenvalue weighted by Gasteiger charge is 2.16. The summed E-state index contributed by atoms with van der Waals surface area (Å²) in [4.78, 5) is 15.1. The Labute approximate surface area is 146 Å². The molecule has 1 amide bonds. The van der Waals surface area contributed by atoms with Gasteiger partial charge in [-0.2, -0.15) is 5.26 Å². The van der Waals surface area contributed by atoms with Crippen LogP contribution in [0.2, 0.25) is 0 Å². The lowest BCUT2D eigenvalue weighted by molar-refractivity contribution is -0.116. The minimum atomic E-state index is -0.295. The van der Waals surface area contributed by atoms with Crippen molar-refractivity contribution < 1.29 is 9.18 Å². The lowest BCUT2D eigenvalue weighted by Gasteiger charge is -2.22. The van der Waals surface area contributed by atoms with Crippen LogP contribution in [0.3, 0.4) is 0 Å². The molecule has 0 fully saturated rings. The first-order chi connectivity index (χ1) is 11.5. The summed E-state index contributed by atoms with van der Waals surface area (Å²) < 4.78 is 12.9. The van der Waals surface area contributed by atoms with E-state index >= 15 is 0 Å². The lowest BCUT2D eigenvalue weighted by atomic mass is 10.1. The van der Waals surface area contributed by atoms with Gasteiger partial charge in [-0.05, 0) is 61.4 Å². The molecule has 5 heteroatoms. The number of aryl methyl sites for hydroxylation is 2. The molecule has 2 aromatic rings. The molecule has 0 unspecified atom stereocenters. The Kier molecular flexibility index (Phi) is 6.39. The van der Waals surface area contributed by atoms with Gasteiger partial charge in [0.15, 0.2) is 0 Å². The van der Waals surface area contributed by atoms with Crippen LogP contribution in [0.15, 0.2) is 47.4 Å². The summed E-state index contributed by atoms with van der Waals surface area (Å²) in [5.74, 6) is -0.122. The van der Waals surface area contributed by atoms with E-state index in [1.807, 2.05) is 32.0 Å². The van der Waals surface area contributed by atoms with Crippen LogP contribution in [-0.2, 0) is 4.79 Å². The summed E-state index contributed by atoms with van der Waals surface area (Å²) >= 11 is 1.36. The maximum atomic E-state index is 12.9. The van der Waals surface area contributed by atoms with Crippen molar-refractivity contribution in [3.05, 3.63) is 59.4 Å². The van der Waals surface area contributed by atoms with Crippen molar-refractivity contribution in [3.63, 3.8) is 0 Å². The molecule has 2 aromatic carbocycles. The van der Waals surface area contributed by atoms with Crippen molar-refractivity contribution in [3.8, 4) is 6.07 Å². The predicted molar refractivity (Wildman–Crippen MR) is 95.6 cm³/mol. The van der Waals surface area contributed by atoms with E-state index in [9.17, 15) is 9.18 Å². The molecule has 0 atom stereocenters. The van der Waals surface area contributed by atoms with E-state index in [0.717, 1.165) is 21.7 Å². The van der Waals surface area contributed by atoms with Gasteiger partial charge in [-0.3, -0.25) is 4.79 Å². The van der Waals surface area contributed by atoms with E-state index in [-0.39, 0.29) is 23.9 Å². The molecule has 0 heterocycles. The first kappa shape index (κ1) is 18.0. The summed E-state index contributed by atoms with van der Waals surface area (Å²) in [5.41, 5.74) is 3.07. The fourth-order valence-electron chi connectivity index (χ4n) is 2.21. The average Bonchev–Trinajstić information content (AvgIpc) is 2.57. The molecule has 0 bridgehead atoms. The van der Waals surface area contributed by atoms with Crippen molar-refractivity contribution >= 4 is 23.4 Å². The van der Waals surface area contributed by atoms with Crippen molar-refractivity contribution in [1.29, 1.82) is 5.26 Å². The van der Waals surface area contributed by atoms with E-state index in [4.69, 9.17) is 5.26 Å². The molecule has 0 aliphatic carbocycles. The van der Waals surface area contributed by atoms with Crippen molar-refractivity contribution in [2.45, 2.75) is 25.2 Å². The van der Waals surface area contributed by atoms with Gasteiger partial charge in [0, 0.05) is 17.1 Å². The molecular weight excluding hydrogens is 323 g/mol. The average molecular weight is 342 g/mol. The van der Waals surface area contributed by atoms with Crippen molar-refractivity contribution in [1.82, 2.24) is 0 Å². The second-order valence-electron chi connectivity index (χ2n) is 5.46. The van der Waals surface area contributed by atoms with Gasteiger partial charge < -0.3 is 4.90 Å². The third kappa shape index (κ3) is 4.84. The summed E-state index contributed by atoms with van der Waals surface area (Å²) in [5, 5.41) is 8.85. The number of nitriles is 1. The minimum Gasteiger partial charge on any atom is -0.311 e. The molecule has 0 N–H and O–H groups in total. The number of thioether (sulfide) groups is 1. The second-order valence-corrected chi connectivity index (χ2v) is 6.51. The van der Waals surface area contributed by atoms with Crippen LogP contribution in [0, 0.1) is 31.0 Å². The molecule has 24 heavy (non-hydrogen) atoms. The van der Waals surface area contributed by atoms with Crippen LogP contribution in [0.5, 0.6) is 0 Å². The molecule has 0 spiro atoms. The summed E-state index contributed by atoms with van der Waals surface area (Å²) in [6.07, 6.45) is 0.278. The lowest BCUT2D eigenvalue weighted by Crippen LogP contribution is -2.33. The van der Waals surface area contributed by atoms with E-state index in [1.165, 1.54) is 23.9 Å². The number of rotatable bonds is 6. The van der Waals surface area contributed by atoms with E-state index in [2.05, 4.69) is 6.07 Å². The molecular formula is C19H19FN2OS. The monoisotopic (exact) mass is 342 g/mol. The number of benzene rings is 2. The Morgan fingerprint density at radius 3 is 2.50 bits per heavy atom. The fourth-order valence-corrected chi connectivity index (χ4v) is 2.98. The number of hydrogen-bond donors (Lipinski definition) is 0. The Morgan fingerprint density at radius 1 is 1.17 bits per heavy atom. The third-order valence-electron chi connectivity index (χ3n) is 3.73. The second kappa shape index (κ2) is 8.51. The van der Waals surface area contributed by atoms with E-state index in [0.29, 0.717) is 6.54 Å². The van der Waals surface area contributed by atoms with Gasteiger partial charge in [0.2, 0.25) is 5.91 Å². The predicted octanol–water partition coefficient (Wildman–Crippen LogP) is 4.48. The van der Waals surface area contributed by atoms with E-state index in [1.54, 1.807) is 17.0 Å². The van der Waals surface area contributed by atoms with Gasteiger partial charge in [-0.1, -0.05) is 6.07 Å². The van der Waals surface area contributed by atoms with E-state index < -0.39 is 0 Å². The van der Waals surface area contributed by atoms with Gasteiger partial charge in [-0.25, -0.2) is 4.39 Å². The number of anilines is 1. The van der Waals surface area contributed by atoms with Crippen LogP contribution in [-0.4, -0.2) is 18.2 Å². The van der Waals surface area contributed by atoms with Crippen LogP contribution < -0.4 is 4.90 Å². The highest BCUT2D eigenvalue weighted by atomic mass is 32.2. The number of nitrogens with zero attached hydrogens (tertiary/aromatic N) is 2. The number of amides is 1. The maximum absolute atomic E-state index is 12.9. The van der Waals surface area contributed by atoms with Crippen LogP contribution in [0.25, 0.3) is 0 Å². The number of carbonyl (C=O) groups excluding carboxylic acids is 1. The Balaban J connectivity index is 2.11. The zero-order chi connectivity index (χ0) is 17.5. The molecule has 0 radical (unpaired) electrons. The standard InChI is InChI=1S/C19H19FN2OS/c1-14-4-7-17(12-15(14)2)22(11-3-10-21)19(23)13-24-18-8-5-16(20)6-9-18/h4-9,12H,3,11,13H2,1-2H3. The maximum Gasteiger partial charge on any atom is 0.237 e. The number of halogens is 1. The smallest absolute Gasteiger partial charge is 0.237 e. The molecule has 0 aliphatic rings. The largest absolute Gasteiger partial charge is 0.311 e. The van der Waals surface area contributed by atoms with Crippen LogP contribution in [0.1, 0.15) is 17.5 Å². The van der Waals surface area contributed by atoms with Gasteiger partial charge in [0.05, 0.1) is 18.2 Å². The highest BCUT2D eigenvalue weighted by Crippen LogP contribution is 2.23. The normalized spacial score (nSPS) is 10.2. The van der Waals surface area contributed by atoms with Gasteiger partial charge in [0.1, 0.15) is 5.82 Å². The topological polar surface area (TPSA) is 44.1 Å². The van der Waals surface area contributed by atoms with Gasteiger partial charge in [-0.15, -0.1) is 11.8 Å². The Morgan fingerprint density at radius 2 is 1.88 bits per heavy atom. The molecule has 124 valence electrons. The van der Waals surface area contributed by atoms with Crippen molar-refractivity contribution in [2.75, 3.05) is 17.2 Å². The summed E-state index contributed by atoms with van der Waals surface area (Å²) in [6.45, 7) is 4.38. The fraction of sp³-hybridized carbons (Fsp3) is 0.263. The van der Waals surface area contributed by atoms with Gasteiger partial charge in [0.25, 0.3) is 0 Å². The summed E-state index contributed by atoms with van der Waals surface area (Å²) in [7, 11) is 0. The molecule has 3 nitrogen and oxygen atoms in total. The number of carbonyl (C=O) groups is 1. The summed E-state index contributed by atoms with van der Waals surface area (Å²) in [6, 6.07) is 14.0. The molecule has 0 saturated carbocycles. The molecule has 0 saturated heterocycles.